The van der Waals surface area contributed by atoms with Crippen LogP contribution < -0.4 is 10.1 Å². The minimum atomic E-state index is 0.829. The molecule has 0 spiro atoms. The van der Waals surface area contributed by atoms with Crippen LogP contribution in [0.4, 0.5) is 0 Å². The van der Waals surface area contributed by atoms with Gasteiger partial charge in [0.1, 0.15) is 5.75 Å². The predicted molar refractivity (Wildman–Crippen MR) is 93.4 cm³/mol. The van der Waals surface area contributed by atoms with E-state index in [1.807, 2.05) is 0 Å². The van der Waals surface area contributed by atoms with E-state index in [4.69, 9.17) is 4.74 Å². The molecule has 1 aliphatic rings. The fraction of sp³-hybridized carbons (Fsp3) is 0.684. The summed E-state index contributed by atoms with van der Waals surface area (Å²) in [6, 6.07) is 8.62. The lowest BCUT2D eigenvalue weighted by atomic mass is 9.96. The van der Waals surface area contributed by atoms with Gasteiger partial charge in [-0.2, -0.15) is 0 Å². The van der Waals surface area contributed by atoms with Gasteiger partial charge < -0.3 is 10.1 Å². The zero-order valence-electron chi connectivity index (χ0n) is 14.3. The molecule has 1 aromatic carbocycles. The fourth-order valence-corrected chi connectivity index (χ4v) is 3.02. The molecule has 1 heterocycles. The lowest BCUT2D eigenvalue weighted by Gasteiger charge is -2.32. The number of benzene rings is 1. The van der Waals surface area contributed by atoms with Gasteiger partial charge in [0, 0.05) is 6.54 Å². The zero-order chi connectivity index (χ0) is 15.6. The molecule has 3 nitrogen and oxygen atoms in total. The van der Waals surface area contributed by atoms with E-state index in [0.29, 0.717) is 0 Å². The molecule has 0 radical (unpaired) electrons. The third kappa shape index (κ3) is 5.98. The molecule has 1 aliphatic heterocycles. The highest BCUT2D eigenvalue weighted by atomic mass is 16.5. The molecule has 1 saturated heterocycles. The van der Waals surface area contributed by atoms with E-state index in [9.17, 15) is 0 Å². The number of nitrogens with zero attached hydrogens (tertiary/aromatic N) is 1. The van der Waals surface area contributed by atoms with Gasteiger partial charge in [0.2, 0.25) is 0 Å². The second-order valence-corrected chi connectivity index (χ2v) is 6.38. The van der Waals surface area contributed by atoms with Gasteiger partial charge in [0.15, 0.2) is 0 Å². The summed E-state index contributed by atoms with van der Waals surface area (Å²) in [5.41, 5.74) is 1.37. The predicted octanol–water partition coefficient (Wildman–Crippen LogP) is 3.69. The largest absolute Gasteiger partial charge is 0.494 e. The number of rotatable bonds is 9. The number of hydrogen-bond acceptors (Lipinski definition) is 3. The van der Waals surface area contributed by atoms with E-state index in [1.54, 1.807) is 0 Å². The third-order valence-electron chi connectivity index (χ3n) is 4.46. The summed E-state index contributed by atoms with van der Waals surface area (Å²) >= 11 is 0. The Morgan fingerprint density at radius 3 is 2.77 bits per heavy atom. The highest BCUT2D eigenvalue weighted by Gasteiger charge is 2.18. The second-order valence-electron chi connectivity index (χ2n) is 6.38. The monoisotopic (exact) mass is 304 g/mol. The van der Waals surface area contributed by atoms with Crippen molar-refractivity contribution < 1.29 is 4.74 Å². The molecule has 0 amide bonds. The maximum absolute atomic E-state index is 5.81. The minimum absolute atomic E-state index is 0.829. The lowest BCUT2D eigenvalue weighted by molar-refractivity contribution is 0.175. The van der Waals surface area contributed by atoms with Crippen LogP contribution in [0, 0.1) is 5.92 Å². The Labute approximate surface area is 136 Å². The average molecular weight is 304 g/mol. The van der Waals surface area contributed by atoms with E-state index in [0.717, 1.165) is 37.8 Å². The number of likely N-dealkylation sites (tertiary alicyclic amines) is 1. The highest BCUT2D eigenvalue weighted by Crippen LogP contribution is 2.20. The number of ether oxygens (including phenoxy) is 1. The van der Waals surface area contributed by atoms with Crippen molar-refractivity contribution >= 4 is 0 Å². The molecule has 3 heteroatoms. The van der Waals surface area contributed by atoms with Crippen LogP contribution in [-0.4, -0.2) is 37.7 Å². The molecule has 1 aromatic rings. The summed E-state index contributed by atoms with van der Waals surface area (Å²) in [4.78, 5) is 2.58. The normalized spacial score (nSPS) is 16.8. The first-order chi connectivity index (χ1) is 10.8. The van der Waals surface area contributed by atoms with Crippen molar-refractivity contribution in [2.75, 3.05) is 32.8 Å². The maximum Gasteiger partial charge on any atom is 0.119 e. The Kier molecular flexibility index (Phi) is 7.75. The average Bonchev–Trinajstić information content (AvgIpc) is 2.55. The first kappa shape index (κ1) is 17.3. The van der Waals surface area contributed by atoms with E-state index >= 15 is 0 Å². The van der Waals surface area contributed by atoms with Crippen LogP contribution in [0.2, 0.25) is 0 Å². The van der Waals surface area contributed by atoms with Crippen LogP contribution in [0.5, 0.6) is 5.75 Å². The lowest BCUT2D eigenvalue weighted by Crippen LogP contribution is -2.36. The maximum atomic E-state index is 5.81. The minimum Gasteiger partial charge on any atom is -0.494 e. The molecule has 0 bridgehead atoms. The van der Waals surface area contributed by atoms with Crippen molar-refractivity contribution in [1.29, 1.82) is 0 Å². The number of unbranched alkanes of at least 4 members (excludes halogenated alkanes) is 1. The first-order valence-electron chi connectivity index (χ1n) is 8.96. The summed E-state index contributed by atoms with van der Waals surface area (Å²) in [6.07, 6.45) is 4.95. The van der Waals surface area contributed by atoms with Gasteiger partial charge in [-0.3, -0.25) is 4.90 Å². The van der Waals surface area contributed by atoms with E-state index in [-0.39, 0.29) is 0 Å². The molecular formula is C19H32N2O. The van der Waals surface area contributed by atoms with Gasteiger partial charge in [0.25, 0.3) is 0 Å². The van der Waals surface area contributed by atoms with Gasteiger partial charge in [-0.05, 0) is 69.1 Å². The molecule has 0 saturated carbocycles. The van der Waals surface area contributed by atoms with Crippen LogP contribution >= 0.6 is 0 Å². The molecule has 1 N–H and O–H groups in total. The second kappa shape index (κ2) is 9.86. The molecule has 124 valence electrons. The molecule has 22 heavy (non-hydrogen) atoms. The molecule has 0 atom stereocenters. The van der Waals surface area contributed by atoms with Crippen LogP contribution in [0.1, 0.15) is 45.1 Å². The van der Waals surface area contributed by atoms with Gasteiger partial charge in [-0.25, -0.2) is 0 Å². The topological polar surface area (TPSA) is 24.5 Å². The van der Waals surface area contributed by atoms with Crippen molar-refractivity contribution in [3.05, 3.63) is 29.8 Å². The summed E-state index contributed by atoms with van der Waals surface area (Å²) < 4.78 is 5.81. The van der Waals surface area contributed by atoms with E-state index < -0.39 is 0 Å². The molecule has 2 rings (SSSR count). The van der Waals surface area contributed by atoms with Gasteiger partial charge in [-0.1, -0.05) is 32.4 Å². The van der Waals surface area contributed by atoms with E-state index in [1.165, 1.54) is 44.5 Å². The third-order valence-corrected chi connectivity index (χ3v) is 4.46. The molecule has 0 aliphatic carbocycles. The van der Waals surface area contributed by atoms with Crippen LogP contribution in [-0.2, 0) is 6.54 Å². The number of nitrogens with one attached hydrogen (secondary N) is 1. The van der Waals surface area contributed by atoms with Crippen molar-refractivity contribution in [1.82, 2.24) is 10.2 Å². The smallest absolute Gasteiger partial charge is 0.119 e. The summed E-state index contributed by atoms with van der Waals surface area (Å²) in [5, 5.41) is 3.48. The Balaban J connectivity index is 1.75. The van der Waals surface area contributed by atoms with E-state index in [2.05, 4.69) is 48.3 Å². The van der Waals surface area contributed by atoms with Gasteiger partial charge in [0.05, 0.1) is 6.61 Å². The van der Waals surface area contributed by atoms with Crippen molar-refractivity contribution in [2.45, 2.75) is 46.1 Å². The van der Waals surface area contributed by atoms with Crippen LogP contribution in [0.3, 0.4) is 0 Å². The summed E-state index contributed by atoms with van der Waals surface area (Å²) in [5.74, 6) is 1.88. The fourth-order valence-electron chi connectivity index (χ4n) is 3.02. The Hall–Kier alpha value is -1.06. The van der Waals surface area contributed by atoms with Crippen LogP contribution in [0.15, 0.2) is 24.3 Å². The summed E-state index contributed by atoms with van der Waals surface area (Å²) in [6.45, 7) is 11.0. The Morgan fingerprint density at radius 1 is 1.23 bits per heavy atom. The number of piperidine rings is 1. The zero-order valence-corrected chi connectivity index (χ0v) is 14.3. The molecular weight excluding hydrogens is 272 g/mol. The highest BCUT2D eigenvalue weighted by molar-refractivity contribution is 5.28. The standard InChI is InChI=1S/C19H32N2O/c1-3-5-13-22-19-8-6-7-18(14-19)16-21-11-9-17(10-12-21)15-20-4-2/h6-8,14,17,20H,3-5,9-13,15-16H2,1-2H3. The SMILES string of the molecule is CCCCOc1cccc(CN2CCC(CNCC)CC2)c1. The van der Waals surface area contributed by atoms with Crippen molar-refractivity contribution in [3.63, 3.8) is 0 Å². The first-order valence-corrected chi connectivity index (χ1v) is 8.96. The van der Waals surface area contributed by atoms with Crippen molar-refractivity contribution in [3.8, 4) is 5.75 Å². The molecule has 0 unspecified atom stereocenters. The van der Waals surface area contributed by atoms with Crippen molar-refractivity contribution in [2.24, 2.45) is 5.92 Å². The Morgan fingerprint density at radius 2 is 2.05 bits per heavy atom. The van der Waals surface area contributed by atoms with Crippen LogP contribution in [0.25, 0.3) is 0 Å². The van der Waals surface area contributed by atoms with Gasteiger partial charge in [-0.15, -0.1) is 0 Å². The summed E-state index contributed by atoms with van der Waals surface area (Å²) in [7, 11) is 0. The van der Waals surface area contributed by atoms with Gasteiger partial charge >= 0.3 is 0 Å². The Bertz CT molecular complexity index is 414. The molecule has 1 fully saturated rings. The number of hydrogen-bond donors (Lipinski definition) is 1. The quantitative estimate of drug-likeness (QED) is 0.704. The molecule has 0 aromatic heterocycles.